The van der Waals surface area contributed by atoms with Crippen LogP contribution in [0.15, 0.2) is 47.9 Å². The van der Waals surface area contributed by atoms with Crippen LogP contribution >= 0.6 is 0 Å². The number of sulfone groups is 1. The Labute approximate surface area is 214 Å². The average molecular weight is 550 g/mol. The smallest absolute Gasteiger partial charge is 0.435 e. The van der Waals surface area contributed by atoms with Gasteiger partial charge in [-0.25, -0.2) is 23.1 Å². The fourth-order valence-corrected chi connectivity index (χ4v) is 4.93. The van der Waals surface area contributed by atoms with E-state index < -0.39 is 33.2 Å². The summed E-state index contributed by atoms with van der Waals surface area (Å²) >= 11 is 0. The zero-order chi connectivity index (χ0) is 27.2. The normalized spacial score (nSPS) is 15.2. The van der Waals surface area contributed by atoms with Gasteiger partial charge < -0.3 is 9.64 Å². The van der Waals surface area contributed by atoms with Gasteiger partial charge in [-0.1, -0.05) is 0 Å². The van der Waals surface area contributed by atoms with Gasteiger partial charge in [0.15, 0.2) is 21.2 Å². The minimum atomic E-state index is -4.73. The molecule has 1 fully saturated rings. The SMILES string of the molecule is Cn1cc(C(=O)N2CCC(Oc3ncnc4c3cnn4-c3ccc(S(C)(=O)=O)cc3)CC2)c(C(F)(F)F)n1. The fraction of sp³-hybridized carbons (Fsp3) is 0.348. The number of likely N-dealkylation sites (tertiary alicyclic amines) is 1. The lowest BCUT2D eigenvalue weighted by Crippen LogP contribution is -2.42. The molecule has 0 spiro atoms. The summed E-state index contributed by atoms with van der Waals surface area (Å²) in [6, 6.07) is 6.19. The van der Waals surface area contributed by atoms with Crippen LogP contribution in [0.1, 0.15) is 28.9 Å². The van der Waals surface area contributed by atoms with Crippen LogP contribution in [0.5, 0.6) is 5.88 Å². The van der Waals surface area contributed by atoms with E-state index in [4.69, 9.17) is 4.74 Å². The van der Waals surface area contributed by atoms with Crippen LogP contribution < -0.4 is 4.74 Å². The van der Waals surface area contributed by atoms with Gasteiger partial charge in [-0.2, -0.15) is 23.4 Å². The van der Waals surface area contributed by atoms with Gasteiger partial charge in [0.2, 0.25) is 5.88 Å². The second kappa shape index (κ2) is 9.38. The van der Waals surface area contributed by atoms with Crippen LogP contribution in [0.25, 0.3) is 16.7 Å². The molecule has 200 valence electrons. The second-order valence-electron chi connectivity index (χ2n) is 8.91. The molecule has 0 aliphatic carbocycles. The first kappa shape index (κ1) is 25.6. The number of aromatic nitrogens is 6. The van der Waals surface area contributed by atoms with E-state index in [9.17, 15) is 26.4 Å². The zero-order valence-electron chi connectivity index (χ0n) is 20.3. The molecule has 15 heteroatoms. The van der Waals surface area contributed by atoms with Gasteiger partial charge >= 0.3 is 6.18 Å². The molecule has 1 aliphatic heterocycles. The summed E-state index contributed by atoms with van der Waals surface area (Å²) in [6.07, 6.45) is 0.783. The maximum atomic E-state index is 13.3. The Morgan fingerprint density at radius 2 is 1.79 bits per heavy atom. The van der Waals surface area contributed by atoms with Crippen molar-refractivity contribution in [2.45, 2.75) is 30.0 Å². The number of benzene rings is 1. The highest BCUT2D eigenvalue weighted by Crippen LogP contribution is 2.32. The highest BCUT2D eigenvalue weighted by Gasteiger charge is 2.40. The Hall–Kier alpha value is -4.01. The number of carbonyl (C=O) groups excluding carboxylic acids is 1. The summed E-state index contributed by atoms with van der Waals surface area (Å²) in [5.41, 5.74) is -0.632. The number of piperidine rings is 1. The van der Waals surface area contributed by atoms with Crippen LogP contribution in [-0.4, -0.2) is 74.2 Å². The molecule has 1 saturated heterocycles. The van der Waals surface area contributed by atoms with Crippen LogP contribution in [0, 0.1) is 0 Å². The molecular formula is C23H22F3N7O4S. The number of rotatable bonds is 5. The van der Waals surface area contributed by atoms with Gasteiger partial charge in [-0.3, -0.25) is 9.48 Å². The van der Waals surface area contributed by atoms with Crippen molar-refractivity contribution in [3.05, 3.63) is 54.2 Å². The number of aryl methyl sites for hydroxylation is 1. The summed E-state index contributed by atoms with van der Waals surface area (Å²) < 4.78 is 71.9. The van der Waals surface area contributed by atoms with E-state index in [0.717, 1.165) is 17.1 Å². The minimum absolute atomic E-state index is 0.180. The zero-order valence-corrected chi connectivity index (χ0v) is 21.1. The first-order valence-electron chi connectivity index (χ1n) is 11.5. The maximum Gasteiger partial charge on any atom is 0.435 e. The Kier molecular flexibility index (Phi) is 6.33. The van der Waals surface area contributed by atoms with E-state index in [2.05, 4.69) is 20.2 Å². The second-order valence-corrected chi connectivity index (χ2v) is 10.9. The minimum Gasteiger partial charge on any atom is -0.474 e. The van der Waals surface area contributed by atoms with E-state index in [1.807, 2.05) is 0 Å². The molecule has 4 heterocycles. The van der Waals surface area contributed by atoms with Crippen molar-refractivity contribution >= 4 is 26.8 Å². The van der Waals surface area contributed by atoms with Crippen molar-refractivity contribution in [2.24, 2.45) is 7.05 Å². The summed E-state index contributed by atoms with van der Waals surface area (Å²) in [7, 11) is -2.01. The van der Waals surface area contributed by atoms with Crippen LogP contribution in [0.2, 0.25) is 0 Å². The van der Waals surface area contributed by atoms with E-state index in [1.165, 1.54) is 41.3 Å². The Morgan fingerprint density at radius 3 is 2.42 bits per heavy atom. The molecule has 1 aromatic carbocycles. The van der Waals surface area contributed by atoms with E-state index in [0.29, 0.717) is 29.6 Å². The molecule has 38 heavy (non-hydrogen) atoms. The van der Waals surface area contributed by atoms with Crippen molar-refractivity contribution in [1.82, 2.24) is 34.4 Å². The fourth-order valence-electron chi connectivity index (χ4n) is 4.30. The van der Waals surface area contributed by atoms with Gasteiger partial charge in [0.05, 0.1) is 22.3 Å². The molecule has 0 N–H and O–H groups in total. The lowest BCUT2D eigenvalue weighted by atomic mass is 10.1. The maximum absolute atomic E-state index is 13.3. The lowest BCUT2D eigenvalue weighted by molar-refractivity contribution is -0.141. The van der Waals surface area contributed by atoms with Crippen molar-refractivity contribution in [1.29, 1.82) is 0 Å². The van der Waals surface area contributed by atoms with Crippen molar-refractivity contribution < 1.29 is 31.1 Å². The monoisotopic (exact) mass is 549 g/mol. The number of hydrogen-bond donors (Lipinski definition) is 0. The van der Waals surface area contributed by atoms with Crippen molar-refractivity contribution in [2.75, 3.05) is 19.3 Å². The van der Waals surface area contributed by atoms with E-state index in [1.54, 1.807) is 12.1 Å². The highest BCUT2D eigenvalue weighted by atomic mass is 32.2. The number of amides is 1. The highest BCUT2D eigenvalue weighted by molar-refractivity contribution is 7.90. The number of halogens is 3. The summed E-state index contributed by atoms with van der Waals surface area (Å²) in [5.74, 6) is -0.443. The largest absolute Gasteiger partial charge is 0.474 e. The number of nitrogens with zero attached hydrogens (tertiary/aromatic N) is 7. The summed E-state index contributed by atoms with van der Waals surface area (Å²) in [6.45, 7) is 0.408. The summed E-state index contributed by atoms with van der Waals surface area (Å²) in [4.78, 5) is 22.8. The molecule has 0 unspecified atom stereocenters. The number of hydrogen-bond acceptors (Lipinski definition) is 8. The Bertz CT molecular complexity index is 1610. The van der Waals surface area contributed by atoms with Gasteiger partial charge in [0, 0.05) is 45.4 Å². The Morgan fingerprint density at radius 1 is 1.11 bits per heavy atom. The summed E-state index contributed by atoms with van der Waals surface area (Å²) in [5, 5.41) is 8.28. The molecule has 0 bridgehead atoms. The van der Waals surface area contributed by atoms with E-state index >= 15 is 0 Å². The third-order valence-electron chi connectivity index (χ3n) is 6.17. The number of carbonyl (C=O) groups is 1. The van der Waals surface area contributed by atoms with Gasteiger partial charge in [0.1, 0.15) is 17.8 Å². The van der Waals surface area contributed by atoms with E-state index in [-0.39, 0.29) is 30.0 Å². The van der Waals surface area contributed by atoms with Crippen LogP contribution in [0.3, 0.4) is 0 Å². The quantitative estimate of drug-likeness (QED) is 0.372. The topological polar surface area (TPSA) is 125 Å². The molecule has 0 radical (unpaired) electrons. The van der Waals surface area contributed by atoms with Crippen LogP contribution in [-0.2, 0) is 23.1 Å². The molecule has 0 atom stereocenters. The molecular weight excluding hydrogens is 527 g/mol. The van der Waals surface area contributed by atoms with Crippen molar-refractivity contribution in [3.63, 3.8) is 0 Å². The number of alkyl halides is 3. The average Bonchev–Trinajstić information content (AvgIpc) is 3.48. The third-order valence-corrected chi connectivity index (χ3v) is 7.30. The van der Waals surface area contributed by atoms with Gasteiger partial charge in [-0.05, 0) is 24.3 Å². The molecule has 5 rings (SSSR count). The molecule has 11 nitrogen and oxygen atoms in total. The molecule has 1 amide bonds. The molecule has 0 saturated carbocycles. The first-order valence-corrected chi connectivity index (χ1v) is 13.4. The first-order chi connectivity index (χ1) is 17.9. The lowest BCUT2D eigenvalue weighted by Gasteiger charge is -2.32. The predicted molar refractivity (Wildman–Crippen MR) is 128 cm³/mol. The Balaban J connectivity index is 1.29. The predicted octanol–water partition coefficient (Wildman–Crippen LogP) is 2.65. The van der Waals surface area contributed by atoms with Gasteiger partial charge in [-0.15, -0.1) is 0 Å². The third kappa shape index (κ3) is 4.92. The van der Waals surface area contributed by atoms with Crippen molar-refractivity contribution in [3.8, 4) is 11.6 Å². The number of ether oxygens (including phenoxy) is 1. The molecule has 3 aromatic heterocycles. The molecule has 1 aliphatic rings. The number of fused-ring (bicyclic) bond motifs is 1. The standard InChI is InChI=1S/C23H22F3N7O4S/c1-31-12-18(19(30-31)23(24,25)26)22(34)32-9-7-15(8-10-32)37-21-17-11-29-33(20(17)27-13-28-21)14-3-5-16(6-4-14)38(2,35)36/h3-6,11-13,15H,7-10H2,1-2H3. The molecule has 4 aromatic rings. The van der Waals surface area contributed by atoms with Gasteiger partial charge in [0.25, 0.3) is 5.91 Å². The van der Waals surface area contributed by atoms with Crippen LogP contribution in [0.4, 0.5) is 13.2 Å².